The van der Waals surface area contributed by atoms with Crippen molar-refractivity contribution in [2.75, 3.05) is 5.73 Å². The van der Waals surface area contributed by atoms with Crippen LogP contribution in [0.25, 0.3) is 0 Å². The van der Waals surface area contributed by atoms with E-state index in [1.807, 2.05) is 36.4 Å². The summed E-state index contributed by atoms with van der Waals surface area (Å²) in [6.45, 7) is 6.21. The van der Waals surface area contributed by atoms with E-state index in [9.17, 15) is 4.79 Å². The van der Waals surface area contributed by atoms with Gasteiger partial charge in [0.25, 0.3) is 0 Å². The Morgan fingerprint density at radius 3 is 2.30 bits per heavy atom. The maximum Gasteiger partial charge on any atom is 0.224 e. The number of carbonyl (C=O) groups is 1. The van der Waals surface area contributed by atoms with Gasteiger partial charge in [0.15, 0.2) is 0 Å². The van der Waals surface area contributed by atoms with Crippen LogP contribution >= 0.6 is 12.4 Å². The molecule has 3 nitrogen and oxygen atoms in total. The van der Waals surface area contributed by atoms with Gasteiger partial charge in [-0.2, -0.15) is 0 Å². The zero-order valence-electron chi connectivity index (χ0n) is 13.9. The number of halogens is 1. The van der Waals surface area contributed by atoms with Crippen LogP contribution in [0.3, 0.4) is 0 Å². The van der Waals surface area contributed by atoms with Crippen molar-refractivity contribution < 1.29 is 4.79 Å². The van der Waals surface area contributed by atoms with Gasteiger partial charge in [-0.3, -0.25) is 4.79 Å². The van der Waals surface area contributed by atoms with Crippen molar-refractivity contribution in [2.24, 2.45) is 0 Å². The first-order valence-electron chi connectivity index (χ1n) is 7.56. The van der Waals surface area contributed by atoms with Crippen LogP contribution in [0.1, 0.15) is 30.5 Å². The third-order valence-corrected chi connectivity index (χ3v) is 3.72. The number of nitrogens with one attached hydrogen (secondary N) is 1. The van der Waals surface area contributed by atoms with Crippen molar-refractivity contribution >= 4 is 24.0 Å². The number of carbonyl (C=O) groups excluding carboxylic acids is 1. The summed E-state index contributed by atoms with van der Waals surface area (Å²) in [6.07, 6.45) is 1.19. The molecule has 2 aromatic rings. The minimum Gasteiger partial charge on any atom is -0.399 e. The lowest BCUT2D eigenvalue weighted by atomic mass is 9.92. The quantitative estimate of drug-likeness (QED) is 0.821. The van der Waals surface area contributed by atoms with Crippen LogP contribution in [0.15, 0.2) is 48.5 Å². The van der Waals surface area contributed by atoms with E-state index in [1.54, 1.807) is 0 Å². The fourth-order valence-corrected chi connectivity index (χ4v) is 2.57. The van der Waals surface area contributed by atoms with E-state index in [4.69, 9.17) is 5.73 Å². The number of hydrogen-bond donors (Lipinski definition) is 2. The first-order valence-corrected chi connectivity index (χ1v) is 7.56. The molecule has 0 saturated carbocycles. The number of nitrogen functional groups attached to an aromatic ring is 1. The number of anilines is 1. The van der Waals surface area contributed by atoms with Crippen LogP contribution in [0.5, 0.6) is 0 Å². The predicted octanol–water partition coefficient (Wildman–Crippen LogP) is 3.68. The highest BCUT2D eigenvalue weighted by Crippen LogP contribution is 2.16. The molecule has 3 N–H and O–H groups in total. The smallest absolute Gasteiger partial charge is 0.224 e. The first-order chi connectivity index (χ1) is 10.4. The Kier molecular flexibility index (Phi) is 6.64. The van der Waals surface area contributed by atoms with Crippen molar-refractivity contribution in [1.82, 2.24) is 5.32 Å². The predicted molar refractivity (Wildman–Crippen MR) is 98.9 cm³/mol. The molecule has 1 amide bonds. The van der Waals surface area contributed by atoms with Gasteiger partial charge in [0, 0.05) is 11.2 Å². The molecular formula is C19H25ClN2O. The van der Waals surface area contributed by atoms with E-state index in [1.165, 1.54) is 11.1 Å². The normalized spacial score (nSPS) is 10.7. The minimum absolute atomic E-state index is 0. The highest BCUT2D eigenvalue weighted by atomic mass is 35.5. The van der Waals surface area contributed by atoms with Gasteiger partial charge in [0.1, 0.15) is 0 Å². The molecule has 0 bridgehead atoms. The largest absolute Gasteiger partial charge is 0.399 e. The Morgan fingerprint density at radius 1 is 1.09 bits per heavy atom. The maximum absolute atomic E-state index is 12.2. The number of rotatable bonds is 5. The standard InChI is InChI=1S/C19H24N2O.ClH/c1-14-6-4-5-7-16(14)13-19(2,3)21-18(22)12-15-8-10-17(20)11-9-15;/h4-11H,12-13,20H2,1-3H3,(H,21,22);1H. The molecule has 0 aliphatic rings. The number of amides is 1. The fourth-order valence-electron chi connectivity index (χ4n) is 2.57. The molecule has 0 atom stereocenters. The molecule has 2 aromatic carbocycles. The Balaban J connectivity index is 0.00000264. The summed E-state index contributed by atoms with van der Waals surface area (Å²) in [5, 5.41) is 3.12. The van der Waals surface area contributed by atoms with Gasteiger partial charge in [-0.15, -0.1) is 12.4 Å². The third kappa shape index (κ3) is 5.95. The number of aryl methyl sites for hydroxylation is 1. The van der Waals surface area contributed by atoms with E-state index in [2.05, 4.69) is 38.2 Å². The molecule has 0 aromatic heterocycles. The summed E-state index contributed by atoms with van der Waals surface area (Å²) in [5.74, 6) is 0.0309. The van der Waals surface area contributed by atoms with Crippen LogP contribution in [0.4, 0.5) is 5.69 Å². The summed E-state index contributed by atoms with van der Waals surface area (Å²) in [4.78, 5) is 12.2. The van der Waals surface area contributed by atoms with Crippen LogP contribution < -0.4 is 11.1 Å². The van der Waals surface area contributed by atoms with Crippen molar-refractivity contribution in [2.45, 2.75) is 39.2 Å². The Bertz CT molecular complexity index is 651. The molecule has 2 rings (SSSR count). The Hall–Kier alpha value is -2.00. The summed E-state index contributed by atoms with van der Waals surface area (Å²) >= 11 is 0. The first kappa shape index (κ1) is 19.0. The fraction of sp³-hybridized carbons (Fsp3) is 0.316. The van der Waals surface area contributed by atoms with E-state index in [-0.39, 0.29) is 23.9 Å². The summed E-state index contributed by atoms with van der Waals surface area (Å²) in [7, 11) is 0. The van der Waals surface area contributed by atoms with Crippen LogP contribution in [-0.2, 0) is 17.6 Å². The lowest BCUT2D eigenvalue weighted by molar-refractivity contribution is -0.122. The second kappa shape index (κ2) is 8.02. The van der Waals surface area contributed by atoms with Crippen LogP contribution in [-0.4, -0.2) is 11.4 Å². The molecule has 0 aliphatic heterocycles. The molecular weight excluding hydrogens is 308 g/mol. The lowest BCUT2D eigenvalue weighted by Gasteiger charge is -2.27. The Labute approximate surface area is 144 Å². The van der Waals surface area contributed by atoms with Crippen molar-refractivity contribution in [3.63, 3.8) is 0 Å². The zero-order valence-corrected chi connectivity index (χ0v) is 14.7. The van der Waals surface area contributed by atoms with Gasteiger partial charge in [0.05, 0.1) is 6.42 Å². The lowest BCUT2D eigenvalue weighted by Crippen LogP contribution is -2.45. The van der Waals surface area contributed by atoms with E-state index in [0.717, 1.165) is 12.0 Å². The van der Waals surface area contributed by atoms with Gasteiger partial charge < -0.3 is 11.1 Å². The highest BCUT2D eigenvalue weighted by Gasteiger charge is 2.21. The number of nitrogens with two attached hydrogens (primary N) is 1. The molecule has 0 fully saturated rings. The molecule has 124 valence electrons. The molecule has 0 radical (unpaired) electrons. The minimum atomic E-state index is -0.281. The monoisotopic (exact) mass is 332 g/mol. The molecule has 0 spiro atoms. The van der Waals surface area contributed by atoms with Crippen molar-refractivity contribution in [3.05, 3.63) is 65.2 Å². The second-order valence-electron chi connectivity index (χ2n) is 6.45. The molecule has 0 saturated heterocycles. The van der Waals surface area contributed by atoms with Crippen LogP contribution in [0.2, 0.25) is 0 Å². The van der Waals surface area contributed by atoms with E-state index >= 15 is 0 Å². The van der Waals surface area contributed by atoms with Gasteiger partial charge in [-0.1, -0.05) is 36.4 Å². The third-order valence-electron chi connectivity index (χ3n) is 3.72. The van der Waals surface area contributed by atoms with E-state index in [0.29, 0.717) is 12.1 Å². The number of benzene rings is 2. The molecule has 23 heavy (non-hydrogen) atoms. The Morgan fingerprint density at radius 2 is 1.70 bits per heavy atom. The SMILES string of the molecule is Cc1ccccc1CC(C)(C)NC(=O)Cc1ccc(N)cc1.Cl. The topological polar surface area (TPSA) is 55.1 Å². The number of hydrogen-bond acceptors (Lipinski definition) is 2. The van der Waals surface area contributed by atoms with Gasteiger partial charge in [-0.05, 0) is 56.0 Å². The average Bonchev–Trinajstić information content (AvgIpc) is 2.43. The van der Waals surface area contributed by atoms with Gasteiger partial charge in [0.2, 0.25) is 5.91 Å². The molecule has 4 heteroatoms. The van der Waals surface area contributed by atoms with Crippen molar-refractivity contribution in [1.29, 1.82) is 0 Å². The highest BCUT2D eigenvalue weighted by molar-refractivity contribution is 5.85. The summed E-state index contributed by atoms with van der Waals surface area (Å²) in [6, 6.07) is 15.7. The maximum atomic E-state index is 12.2. The van der Waals surface area contributed by atoms with E-state index < -0.39 is 0 Å². The zero-order chi connectivity index (χ0) is 16.2. The molecule has 0 aliphatic carbocycles. The van der Waals surface area contributed by atoms with Gasteiger partial charge in [-0.25, -0.2) is 0 Å². The van der Waals surface area contributed by atoms with Gasteiger partial charge >= 0.3 is 0 Å². The second-order valence-corrected chi connectivity index (χ2v) is 6.45. The van der Waals surface area contributed by atoms with Crippen LogP contribution in [0, 0.1) is 6.92 Å². The summed E-state index contributed by atoms with van der Waals surface area (Å²) < 4.78 is 0. The summed E-state index contributed by atoms with van der Waals surface area (Å²) in [5.41, 5.74) is 9.58. The van der Waals surface area contributed by atoms with Crippen molar-refractivity contribution in [3.8, 4) is 0 Å². The molecule has 0 heterocycles. The molecule has 0 unspecified atom stereocenters. The average molecular weight is 333 g/mol.